The first-order valence-corrected chi connectivity index (χ1v) is 4.41. The third-order valence-corrected chi connectivity index (χ3v) is 1.97. The summed E-state index contributed by atoms with van der Waals surface area (Å²) in [4.78, 5) is 7.75. The molecule has 0 spiro atoms. The van der Waals surface area contributed by atoms with E-state index in [1.54, 1.807) is 0 Å². The van der Waals surface area contributed by atoms with Crippen molar-refractivity contribution in [2.45, 2.75) is 6.42 Å². The van der Waals surface area contributed by atoms with Gasteiger partial charge in [0.25, 0.3) is 0 Å². The molecule has 0 aliphatic rings. The summed E-state index contributed by atoms with van der Waals surface area (Å²) in [5.41, 5.74) is 1.00. The predicted molar refractivity (Wildman–Crippen MR) is 53.8 cm³/mol. The summed E-state index contributed by atoms with van der Waals surface area (Å²) in [5, 5.41) is 15.8. The molecule has 0 saturated heterocycles. The van der Waals surface area contributed by atoms with E-state index in [-0.39, 0.29) is 6.42 Å². The Kier molecular flexibility index (Phi) is 2.49. The van der Waals surface area contributed by atoms with Crippen molar-refractivity contribution in [3.8, 4) is 17.9 Å². The number of rotatable bonds is 0. The molecular formula is C9H4ClN5. The Morgan fingerprint density at radius 1 is 1.47 bits per heavy atom. The quantitative estimate of drug-likeness (QED) is 0.533. The molecular weight excluding hydrogens is 214 g/mol. The van der Waals surface area contributed by atoms with Gasteiger partial charge in [-0.3, -0.25) is 5.10 Å². The zero-order chi connectivity index (χ0) is 10.7. The number of hydrogen-bond donors (Lipinski definition) is 1. The van der Waals surface area contributed by atoms with Crippen LogP contribution in [0.4, 0.5) is 0 Å². The zero-order valence-corrected chi connectivity index (χ0v) is 8.21. The first-order valence-electron chi connectivity index (χ1n) is 4.03. The lowest BCUT2D eigenvalue weighted by Crippen LogP contribution is -1.82. The molecule has 5 nitrogen and oxygen atoms in total. The van der Waals surface area contributed by atoms with Crippen molar-refractivity contribution in [1.82, 2.24) is 20.2 Å². The maximum Gasteiger partial charge on any atom is 0.186 e. The second kappa shape index (κ2) is 3.95. The molecule has 0 aliphatic carbocycles. The number of nitriles is 1. The highest BCUT2D eigenvalue weighted by molar-refractivity contribution is 6.34. The summed E-state index contributed by atoms with van der Waals surface area (Å²) in [6, 6.07) is 1.92. The van der Waals surface area contributed by atoms with E-state index in [4.69, 9.17) is 16.9 Å². The Balaban J connectivity index is 2.55. The van der Waals surface area contributed by atoms with Crippen LogP contribution in [-0.4, -0.2) is 20.2 Å². The van der Waals surface area contributed by atoms with Crippen molar-refractivity contribution in [3.63, 3.8) is 0 Å². The van der Waals surface area contributed by atoms with Gasteiger partial charge in [-0.05, 0) is 5.92 Å². The Morgan fingerprint density at radius 2 is 2.33 bits per heavy atom. The minimum atomic E-state index is 0.159. The Morgan fingerprint density at radius 3 is 3.13 bits per heavy atom. The molecule has 2 heterocycles. The number of nitrogens with zero attached hydrogens (tertiary/aromatic N) is 4. The summed E-state index contributed by atoms with van der Waals surface area (Å²) in [7, 11) is 0. The fraction of sp³-hybridized carbons (Fsp3) is 0.111. The van der Waals surface area contributed by atoms with E-state index < -0.39 is 0 Å². The second-order valence-electron chi connectivity index (χ2n) is 2.60. The topological polar surface area (TPSA) is 78.2 Å². The first-order chi connectivity index (χ1) is 7.33. The number of aromatic nitrogens is 4. The number of nitrogens with one attached hydrogen (secondary N) is 1. The molecule has 0 amide bonds. The van der Waals surface area contributed by atoms with Crippen LogP contribution in [0.15, 0.2) is 6.33 Å². The number of fused-ring (bicyclic) bond motifs is 1. The fourth-order valence-corrected chi connectivity index (χ4v) is 1.31. The number of hydrogen-bond acceptors (Lipinski definition) is 4. The highest BCUT2D eigenvalue weighted by Crippen LogP contribution is 2.19. The van der Waals surface area contributed by atoms with Crippen molar-refractivity contribution >= 4 is 22.6 Å². The van der Waals surface area contributed by atoms with Gasteiger partial charge in [-0.25, -0.2) is 9.97 Å². The van der Waals surface area contributed by atoms with Crippen LogP contribution in [0.2, 0.25) is 5.15 Å². The van der Waals surface area contributed by atoms with Crippen LogP contribution < -0.4 is 0 Å². The molecule has 1 N–H and O–H groups in total. The molecule has 0 unspecified atom stereocenters. The zero-order valence-electron chi connectivity index (χ0n) is 7.45. The van der Waals surface area contributed by atoms with Crippen LogP contribution in [0.1, 0.15) is 12.1 Å². The third-order valence-electron chi connectivity index (χ3n) is 1.69. The lowest BCUT2D eigenvalue weighted by Gasteiger charge is -1.89. The van der Waals surface area contributed by atoms with Crippen LogP contribution in [0.25, 0.3) is 11.0 Å². The molecule has 0 bridgehead atoms. The van der Waals surface area contributed by atoms with Gasteiger partial charge in [-0.15, -0.1) is 0 Å². The molecule has 0 atom stereocenters. The standard InChI is InChI=1S/C9H4ClN5/c10-8-7-6(3-1-2-4-11)14-15-9(7)13-5-12-8/h5H,2H2,(H,12,13,14,15). The lowest BCUT2D eigenvalue weighted by molar-refractivity contribution is 1.08. The van der Waals surface area contributed by atoms with Gasteiger partial charge in [0.2, 0.25) is 0 Å². The summed E-state index contributed by atoms with van der Waals surface area (Å²) < 4.78 is 0. The molecule has 0 fully saturated rings. The van der Waals surface area contributed by atoms with Gasteiger partial charge in [-0.1, -0.05) is 17.5 Å². The molecule has 0 aliphatic heterocycles. The van der Waals surface area contributed by atoms with Gasteiger partial charge in [0.05, 0.1) is 17.9 Å². The highest BCUT2D eigenvalue weighted by Gasteiger charge is 2.08. The highest BCUT2D eigenvalue weighted by atomic mass is 35.5. The van der Waals surface area contributed by atoms with Gasteiger partial charge >= 0.3 is 0 Å². The summed E-state index contributed by atoms with van der Waals surface area (Å²) in [5.74, 6) is 5.41. The number of aromatic amines is 1. The first kappa shape index (κ1) is 9.45. The average molecular weight is 218 g/mol. The largest absolute Gasteiger partial charge is 0.267 e. The maximum atomic E-state index is 8.33. The SMILES string of the molecule is N#CCC#Cc1[nH]nc2ncnc(Cl)c12. The smallest absolute Gasteiger partial charge is 0.186 e. The summed E-state index contributed by atoms with van der Waals surface area (Å²) in [6.45, 7) is 0. The number of halogens is 1. The van der Waals surface area contributed by atoms with Crippen LogP contribution in [0.3, 0.4) is 0 Å². The van der Waals surface area contributed by atoms with Gasteiger partial charge in [-0.2, -0.15) is 10.4 Å². The van der Waals surface area contributed by atoms with E-state index in [2.05, 4.69) is 32.0 Å². The maximum absolute atomic E-state index is 8.33. The van der Waals surface area contributed by atoms with Crippen molar-refractivity contribution in [1.29, 1.82) is 5.26 Å². The van der Waals surface area contributed by atoms with E-state index in [9.17, 15) is 0 Å². The number of H-pyrrole nitrogens is 1. The Labute approximate surface area is 90.1 Å². The van der Waals surface area contributed by atoms with Gasteiger partial charge < -0.3 is 0 Å². The molecule has 6 heteroatoms. The van der Waals surface area contributed by atoms with Gasteiger partial charge in [0.15, 0.2) is 5.65 Å². The van der Waals surface area contributed by atoms with E-state index in [1.807, 2.05) is 6.07 Å². The predicted octanol–water partition coefficient (Wildman–Crippen LogP) is 1.27. The fourth-order valence-electron chi connectivity index (χ4n) is 1.08. The molecule has 0 aromatic carbocycles. The summed E-state index contributed by atoms with van der Waals surface area (Å²) >= 11 is 5.87. The van der Waals surface area contributed by atoms with Crippen LogP contribution >= 0.6 is 11.6 Å². The molecule has 72 valence electrons. The van der Waals surface area contributed by atoms with Crippen molar-refractivity contribution in [2.24, 2.45) is 0 Å². The van der Waals surface area contributed by atoms with Crippen molar-refractivity contribution < 1.29 is 0 Å². The minimum absolute atomic E-state index is 0.159. The van der Waals surface area contributed by atoms with Gasteiger partial charge in [0, 0.05) is 0 Å². The second-order valence-corrected chi connectivity index (χ2v) is 2.96. The monoisotopic (exact) mass is 217 g/mol. The average Bonchev–Trinajstić information content (AvgIpc) is 2.63. The molecule has 2 aromatic heterocycles. The molecule has 2 rings (SSSR count). The van der Waals surface area contributed by atoms with Crippen LogP contribution in [-0.2, 0) is 0 Å². The minimum Gasteiger partial charge on any atom is -0.267 e. The summed E-state index contributed by atoms with van der Waals surface area (Å²) in [6.07, 6.45) is 1.49. The molecule has 0 saturated carbocycles. The molecule has 2 aromatic rings. The van der Waals surface area contributed by atoms with E-state index in [0.29, 0.717) is 21.9 Å². The Bertz CT molecular complexity index is 598. The van der Waals surface area contributed by atoms with Crippen molar-refractivity contribution in [3.05, 3.63) is 17.2 Å². The van der Waals surface area contributed by atoms with Crippen LogP contribution in [0.5, 0.6) is 0 Å². The van der Waals surface area contributed by atoms with Crippen molar-refractivity contribution in [2.75, 3.05) is 0 Å². The molecule has 0 radical (unpaired) electrons. The van der Waals surface area contributed by atoms with Gasteiger partial charge in [0.1, 0.15) is 17.2 Å². The Hall–Kier alpha value is -2.11. The van der Waals surface area contributed by atoms with E-state index >= 15 is 0 Å². The lowest BCUT2D eigenvalue weighted by atomic mass is 10.3. The third kappa shape index (κ3) is 1.74. The van der Waals surface area contributed by atoms with E-state index in [0.717, 1.165) is 0 Å². The van der Waals surface area contributed by atoms with E-state index in [1.165, 1.54) is 6.33 Å². The normalized spacial score (nSPS) is 9.33. The molecule has 15 heavy (non-hydrogen) atoms. The van der Waals surface area contributed by atoms with Crippen LogP contribution in [0, 0.1) is 23.2 Å².